The van der Waals surface area contributed by atoms with Gasteiger partial charge in [0.2, 0.25) is 0 Å². The molecular formula is C19H11NO4. The Morgan fingerprint density at radius 2 is 1.83 bits per heavy atom. The summed E-state index contributed by atoms with van der Waals surface area (Å²) in [5, 5.41) is 11.7. The Morgan fingerprint density at radius 3 is 2.67 bits per heavy atom. The molecule has 0 aliphatic rings. The van der Waals surface area contributed by atoms with Gasteiger partial charge >= 0.3 is 11.6 Å². The van der Waals surface area contributed by atoms with Gasteiger partial charge in [0.25, 0.3) is 0 Å². The summed E-state index contributed by atoms with van der Waals surface area (Å²) in [4.78, 5) is 27.5. The number of carboxylic acid groups (broad SMARTS) is 1. The molecule has 0 radical (unpaired) electrons. The molecule has 0 fully saturated rings. The third-order valence-corrected chi connectivity index (χ3v) is 3.94. The SMILES string of the molecule is O=C(O)c1cc2c(-c3nccc4ccccc34)cccc2oc1=O. The van der Waals surface area contributed by atoms with Crippen LogP contribution in [-0.2, 0) is 0 Å². The van der Waals surface area contributed by atoms with Crippen LogP contribution in [-0.4, -0.2) is 16.1 Å². The Morgan fingerprint density at radius 1 is 1.00 bits per heavy atom. The van der Waals surface area contributed by atoms with Gasteiger partial charge in [0.15, 0.2) is 0 Å². The Kier molecular flexibility index (Phi) is 3.13. The first kappa shape index (κ1) is 14.1. The standard InChI is InChI=1S/C19H11NO4/c21-18(22)15-10-14-13(6-3-7-16(14)24-19(15)23)17-12-5-2-1-4-11(12)8-9-20-17/h1-10H,(H,21,22). The molecule has 0 aliphatic heterocycles. The van der Waals surface area contributed by atoms with Crippen LogP contribution < -0.4 is 5.63 Å². The van der Waals surface area contributed by atoms with Gasteiger partial charge in [0, 0.05) is 22.5 Å². The highest BCUT2D eigenvalue weighted by atomic mass is 16.4. The van der Waals surface area contributed by atoms with E-state index in [4.69, 9.17) is 4.42 Å². The number of pyridine rings is 1. The Balaban J connectivity index is 2.11. The number of hydrogen-bond donors (Lipinski definition) is 1. The van der Waals surface area contributed by atoms with Crippen LogP contribution >= 0.6 is 0 Å². The minimum Gasteiger partial charge on any atom is -0.477 e. The molecule has 2 aromatic heterocycles. The number of aromatic nitrogens is 1. The third kappa shape index (κ3) is 2.14. The number of rotatable bonds is 2. The lowest BCUT2D eigenvalue weighted by atomic mass is 10.00. The van der Waals surface area contributed by atoms with Crippen molar-refractivity contribution in [3.8, 4) is 11.3 Å². The number of aromatic carboxylic acids is 1. The molecule has 0 unspecified atom stereocenters. The maximum atomic E-state index is 11.8. The summed E-state index contributed by atoms with van der Waals surface area (Å²) < 4.78 is 5.16. The van der Waals surface area contributed by atoms with Gasteiger partial charge in [0.05, 0.1) is 5.69 Å². The van der Waals surface area contributed by atoms with E-state index in [0.29, 0.717) is 16.7 Å². The predicted octanol–water partition coefficient (Wildman–Crippen LogP) is 3.71. The fourth-order valence-corrected chi connectivity index (χ4v) is 2.83. The molecule has 5 heteroatoms. The molecule has 0 bridgehead atoms. The maximum absolute atomic E-state index is 11.8. The highest BCUT2D eigenvalue weighted by Crippen LogP contribution is 2.32. The van der Waals surface area contributed by atoms with E-state index in [1.807, 2.05) is 36.4 Å². The quantitative estimate of drug-likeness (QED) is 0.570. The van der Waals surface area contributed by atoms with E-state index in [0.717, 1.165) is 16.3 Å². The predicted molar refractivity (Wildman–Crippen MR) is 90.2 cm³/mol. The zero-order chi connectivity index (χ0) is 16.7. The Hall–Kier alpha value is -3.47. The van der Waals surface area contributed by atoms with Gasteiger partial charge in [-0.1, -0.05) is 36.4 Å². The number of benzene rings is 2. The molecule has 4 rings (SSSR count). The lowest BCUT2D eigenvalue weighted by molar-refractivity contribution is 0.0692. The van der Waals surface area contributed by atoms with Crippen molar-refractivity contribution in [1.29, 1.82) is 0 Å². The first-order valence-electron chi connectivity index (χ1n) is 7.29. The molecule has 0 amide bonds. The van der Waals surface area contributed by atoms with Crippen molar-refractivity contribution in [3.05, 3.63) is 76.8 Å². The van der Waals surface area contributed by atoms with Crippen molar-refractivity contribution in [2.75, 3.05) is 0 Å². The van der Waals surface area contributed by atoms with E-state index in [1.165, 1.54) is 6.07 Å². The van der Waals surface area contributed by atoms with Crippen LogP contribution in [0.3, 0.4) is 0 Å². The minimum absolute atomic E-state index is 0.331. The fourth-order valence-electron chi connectivity index (χ4n) is 2.83. The van der Waals surface area contributed by atoms with Crippen LogP contribution in [0, 0.1) is 0 Å². The summed E-state index contributed by atoms with van der Waals surface area (Å²) in [7, 11) is 0. The summed E-state index contributed by atoms with van der Waals surface area (Å²) in [6.45, 7) is 0. The van der Waals surface area contributed by atoms with Gasteiger partial charge in [-0.15, -0.1) is 0 Å². The van der Waals surface area contributed by atoms with Crippen molar-refractivity contribution in [1.82, 2.24) is 4.98 Å². The molecule has 1 N–H and O–H groups in total. The molecule has 116 valence electrons. The van der Waals surface area contributed by atoms with Crippen molar-refractivity contribution in [2.24, 2.45) is 0 Å². The van der Waals surface area contributed by atoms with Gasteiger partial charge in [-0.25, -0.2) is 9.59 Å². The van der Waals surface area contributed by atoms with E-state index in [2.05, 4.69) is 4.98 Å². The normalized spacial score (nSPS) is 11.0. The van der Waals surface area contributed by atoms with Gasteiger partial charge in [-0.2, -0.15) is 0 Å². The molecule has 24 heavy (non-hydrogen) atoms. The second kappa shape index (κ2) is 5.31. The average molecular weight is 317 g/mol. The Labute approximate surface area is 135 Å². The molecule has 0 aliphatic carbocycles. The molecular weight excluding hydrogens is 306 g/mol. The molecule has 0 atom stereocenters. The zero-order valence-corrected chi connectivity index (χ0v) is 12.4. The second-order valence-electron chi connectivity index (χ2n) is 5.35. The van der Waals surface area contributed by atoms with Crippen LogP contribution in [0.25, 0.3) is 33.0 Å². The second-order valence-corrected chi connectivity index (χ2v) is 5.35. The van der Waals surface area contributed by atoms with E-state index < -0.39 is 17.2 Å². The van der Waals surface area contributed by atoms with Crippen LogP contribution in [0.4, 0.5) is 0 Å². The van der Waals surface area contributed by atoms with Gasteiger partial charge < -0.3 is 9.52 Å². The summed E-state index contributed by atoms with van der Waals surface area (Å²) in [6.07, 6.45) is 1.70. The van der Waals surface area contributed by atoms with Crippen LogP contribution in [0.1, 0.15) is 10.4 Å². The fraction of sp³-hybridized carbons (Fsp3) is 0. The van der Waals surface area contributed by atoms with Gasteiger partial charge in [-0.3, -0.25) is 4.98 Å². The average Bonchev–Trinajstić information content (AvgIpc) is 2.60. The molecule has 2 aromatic carbocycles. The lowest BCUT2D eigenvalue weighted by Gasteiger charge is -2.09. The van der Waals surface area contributed by atoms with E-state index in [1.54, 1.807) is 18.3 Å². The maximum Gasteiger partial charge on any atom is 0.351 e. The van der Waals surface area contributed by atoms with Gasteiger partial charge in [-0.05, 0) is 23.6 Å². The topological polar surface area (TPSA) is 80.4 Å². The lowest BCUT2D eigenvalue weighted by Crippen LogP contribution is -2.13. The molecule has 0 spiro atoms. The van der Waals surface area contributed by atoms with E-state index in [-0.39, 0.29) is 0 Å². The monoisotopic (exact) mass is 317 g/mol. The number of carboxylic acids is 1. The number of hydrogen-bond acceptors (Lipinski definition) is 4. The summed E-state index contributed by atoms with van der Waals surface area (Å²) in [5.41, 5.74) is 0.505. The van der Waals surface area contributed by atoms with Crippen molar-refractivity contribution in [2.45, 2.75) is 0 Å². The van der Waals surface area contributed by atoms with Gasteiger partial charge in [0.1, 0.15) is 11.1 Å². The van der Waals surface area contributed by atoms with Crippen molar-refractivity contribution in [3.63, 3.8) is 0 Å². The van der Waals surface area contributed by atoms with Crippen molar-refractivity contribution < 1.29 is 14.3 Å². The molecule has 5 nitrogen and oxygen atoms in total. The van der Waals surface area contributed by atoms with E-state index >= 15 is 0 Å². The van der Waals surface area contributed by atoms with Crippen LogP contribution in [0.5, 0.6) is 0 Å². The van der Waals surface area contributed by atoms with Crippen molar-refractivity contribution >= 4 is 27.7 Å². The molecule has 0 saturated carbocycles. The first-order valence-corrected chi connectivity index (χ1v) is 7.29. The van der Waals surface area contributed by atoms with Crippen LogP contribution in [0.15, 0.2) is 70.0 Å². The largest absolute Gasteiger partial charge is 0.477 e. The highest BCUT2D eigenvalue weighted by Gasteiger charge is 2.16. The zero-order valence-electron chi connectivity index (χ0n) is 12.4. The number of fused-ring (bicyclic) bond motifs is 2. The third-order valence-electron chi connectivity index (χ3n) is 3.94. The minimum atomic E-state index is -1.31. The summed E-state index contributed by atoms with van der Waals surface area (Å²) in [6, 6.07) is 16.3. The Bertz CT molecular complexity index is 1160. The summed E-state index contributed by atoms with van der Waals surface area (Å²) in [5.74, 6) is -1.31. The highest BCUT2D eigenvalue weighted by molar-refractivity contribution is 6.04. The number of carbonyl (C=O) groups is 1. The number of nitrogens with zero attached hydrogens (tertiary/aromatic N) is 1. The van der Waals surface area contributed by atoms with E-state index in [9.17, 15) is 14.7 Å². The molecule has 4 aromatic rings. The smallest absolute Gasteiger partial charge is 0.351 e. The molecule has 2 heterocycles. The molecule has 0 saturated heterocycles. The summed E-state index contributed by atoms with van der Waals surface area (Å²) >= 11 is 0. The first-order chi connectivity index (χ1) is 11.6. The van der Waals surface area contributed by atoms with Crippen LogP contribution in [0.2, 0.25) is 0 Å².